The summed E-state index contributed by atoms with van der Waals surface area (Å²) in [6.45, 7) is -0.292. The second-order valence-corrected chi connectivity index (χ2v) is 8.79. The van der Waals surface area contributed by atoms with Gasteiger partial charge < -0.3 is 0 Å². The number of carboxylic acids is 2. The standard InChI is InChI=1S/C19H21NO5Te.2Na/c21-18(22)13-20(14-19(23)24)15-7-9-17(10-8-15)26-12-4-11-25-16-5-2-1-3-6-16;;/h1-3,5-10H,4,11-14H2,(H,21,22)(H,23,24);;/q;2*+1/p-2. The predicted molar refractivity (Wildman–Crippen MR) is 95.4 cm³/mol. The summed E-state index contributed by atoms with van der Waals surface area (Å²) in [5.41, 5.74) is 0.530. The Labute approximate surface area is 219 Å². The van der Waals surface area contributed by atoms with Crippen LogP contribution in [-0.4, -0.2) is 52.6 Å². The zero-order chi connectivity index (χ0) is 18.8. The first kappa shape index (κ1) is 27.8. The van der Waals surface area contributed by atoms with Gasteiger partial charge in [0.05, 0.1) is 0 Å². The van der Waals surface area contributed by atoms with E-state index in [4.69, 9.17) is 4.74 Å². The number of hydrogen-bond acceptors (Lipinski definition) is 6. The topological polar surface area (TPSA) is 92.7 Å². The van der Waals surface area contributed by atoms with Crippen molar-refractivity contribution in [2.24, 2.45) is 0 Å². The van der Waals surface area contributed by atoms with Crippen LogP contribution in [-0.2, 0) is 9.59 Å². The van der Waals surface area contributed by atoms with E-state index in [1.165, 1.54) is 8.51 Å². The molecule has 0 spiro atoms. The molecule has 138 valence electrons. The molecule has 2 aromatic rings. The Bertz CT molecular complexity index is 700. The van der Waals surface area contributed by atoms with Crippen LogP contribution in [0.15, 0.2) is 54.6 Å². The van der Waals surface area contributed by atoms with Gasteiger partial charge in [0.15, 0.2) is 0 Å². The molecular weight excluding hydrogens is 496 g/mol. The van der Waals surface area contributed by atoms with E-state index in [0.29, 0.717) is 12.3 Å². The molecule has 9 heteroatoms. The third-order valence-corrected chi connectivity index (χ3v) is 6.55. The first-order valence-corrected chi connectivity index (χ1v) is 10.9. The van der Waals surface area contributed by atoms with Gasteiger partial charge in [-0.25, -0.2) is 0 Å². The Kier molecular flexibility index (Phi) is 15.5. The molecule has 0 saturated carbocycles. The van der Waals surface area contributed by atoms with Crippen LogP contribution in [0.3, 0.4) is 0 Å². The third-order valence-electron chi connectivity index (χ3n) is 3.41. The van der Waals surface area contributed by atoms with E-state index in [0.717, 1.165) is 16.6 Å². The number of benzene rings is 2. The smallest absolute Gasteiger partial charge is 1.00 e. The van der Waals surface area contributed by atoms with Gasteiger partial charge in [-0.05, 0) is 0 Å². The van der Waals surface area contributed by atoms with Crippen molar-refractivity contribution in [3.05, 3.63) is 54.6 Å². The van der Waals surface area contributed by atoms with Crippen LogP contribution in [0.4, 0.5) is 5.69 Å². The third kappa shape index (κ3) is 11.1. The number of carbonyl (C=O) groups is 2. The molecule has 0 amide bonds. The Morgan fingerprint density at radius 2 is 1.46 bits per heavy atom. The van der Waals surface area contributed by atoms with Crippen LogP contribution in [0.2, 0.25) is 4.47 Å². The average molecular weight is 515 g/mol. The largest absolute Gasteiger partial charge is 1.00 e. The van der Waals surface area contributed by atoms with Crippen molar-refractivity contribution in [3.63, 3.8) is 0 Å². The maximum Gasteiger partial charge on any atom is 1.00 e. The van der Waals surface area contributed by atoms with Crippen LogP contribution in [0.1, 0.15) is 6.42 Å². The molecule has 0 radical (unpaired) electrons. The number of rotatable bonds is 11. The van der Waals surface area contributed by atoms with Crippen molar-refractivity contribution in [1.29, 1.82) is 0 Å². The molecule has 2 rings (SSSR count). The summed E-state index contributed by atoms with van der Waals surface area (Å²) in [4.78, 5) is 22.7. The molecule has 0 heterocycles. The Hall–Kier alpha value is -0.230. The molecule has 0 aliphatic carbocycles. The van der Waals surface area contributed by atoms with Gasteiger partial charge in [-0.2, -0.15) is 0 Å². The van der Waals surface area contributed by atoms with Crippen LogP contribution in [0.5, 0.6) is 5.75 Å². The molecule has 0 unspecified atom stereocenters. The molecule has 6 nitrogen and oxygen atoms in total. The van der Waals surface area contributed by atoms with E-state index in [1.54, 1.807) is 12.1 Å². The molecule has 0 saturated heterocycles. The number of aliphatic carboxylic acids is 2. The second-order valence-electron chi connectivity index (χ2n) is 5.46. The molecule has 0 aliphatic rings. The molecule has 0 atom stereocenters. The number of carboxylic acid groups (broad SMARTS) is 2. The first-order valence-electron chi connectivity index (χ1n) is 8.10. The molecular formula is C19H19NNa2O5Te. The summed E-state index contributed by atoms with van der Waals surface area (Å²) in [7, 11) is 0. The maximum atomic E-state index is 10.8. The van der Waals surface area contributed by atoms with Gasteiger partial charge in [0.2, 0.25) is 0 Å². The minimum atomic E-state index is -1.33. The van der Waals surface area contributed by atoms with Crippen molar-refractivity contribution >= 4 is 42.2 Å². The Morgan fingerprint density at radius 3 is 2.00 bits per heavy atom. The average Bonchev–Trinajstić information content (AvgIpc) is 2.61. The van der Waals surface area contributed by atoms with E-state index in [9.17, 15) is 19.8 Å². The second kappa shape index (κ2) is 15.6. The van der Waals surface area contributed by atoms with Gasteiger partial charge in [0.1, 0.15) is 0 Å². The molecule has 28 heavy (non-hydrogen) atoms. The zero-order valence-corrected chi connectivity index (χ0v) is 22.5. The van der Waals surface area contributed by atoms with Gasteiger partial charge >= 0.3 is 222 Å². The summed E-state index contributed by atoms with van der Waals surface area (Å²) in [5, 5.41) is 21.5. The van der Waals surface area contributed by atoms with Gasteiger partial charge in [-0.1, -0.05) is 0 Å². The summed E-state index contributed by atoms with van der Waals surface area (Å²) in [5.74, 6) is -1.79. The SMILES string of the molecule is O=C([O-])CN(CC(=O)[O-])c1ccc([Te]CCCOc2ccccc2)cc1.[Na+].[Na+]. The maximum absolute atomic E-state index is 10.8. The summed E-state index contributed by atoms with van der Waals surface area (Å²) < 4.78 is 7.96. The van der Waals surface area contributed by atoms with Gasteiger partial charge in [0, 0.05) is 0 Å². The zero-order valence-electron chi connectivity index (χ0n) is 16.1. The number of nitrogens with zero attached hydrogens (tertiary/aromatic N) is 1. The Morgan fingerprint density at radius 1 is 0.893 bits per heavy atom. The van der Waals surface area contributed by atoms with E-state index in [-0.39, 0.29) is 80.0 Å². The van der Waals surface area contributed by atoms with Crippen LogP contribution < -0.4 is 82.6 Å². The minimum absolute atomic E-state index is 0. The fourth-order valence-electron chi connectivity index (χ4n) is 2.26. The molecule has 0 fully saturated rings. The van der Waals surface area contributed by atoms with Crippen molar-refractivity contribution in [2.75, 3.05) is 24.6 Å². The van der Waals surface area contributed by atoms with Crippen molar-refractivity contribution in [3.8, 4) is 5.75 Å². The fraction of sp³-hybridized carbons (Fsp3) is 0.263. The number of ether oxygens (including phenoxy) is 1. The minimum Gasteiger partial charge on any atom is 1.00 e. The molecule has 0 bridgehead atoms. The van der Waals surface area contributed by atoms with Crippen LogP contribution in [0, 0.1) is 0 Å². The molecule has 0 N–H and O–H groups in total. The monoisotopic (exact) mass is 517 g/mol. The van der Waals surface area contributed by atoms with E-state index < -0.39 is 25.0 Å². The summed E-state index contributed by atoms with van der Waals surface area (Å²) in [6, 6.07) is 17.0. The molecule has 0 aliphatic heterocycles. The number of carbonyl (C=O) groups excluding carboxylic acids is 2. The Balaban J connectivity index is 0.00000364. The van der Waals surface area contributed by atoms with Gasteiger partial charge in [-0.15, -0.1) is 0 Å². The molecule has 2 aromatic carbocycles. The quantitative estimate of drug-likeness (QED) is 0.219. The summed E-state index contributed by atoms with van der Waals surface area (Å²) in [6.07, 6.45) is 0.973. The van der Waals surface area contributed by atoms with Crippen molar-refractivity contribution < 1.29 is 83.7 Å². The summed E-state index contributed by atoms with van der Waals surface area (Å²) >= 11 is -0.368. The van der Waals surface area contributed by atoms with Gasteiger partial charge in [0.25, 0.3) is 0 Å². The van der Waals surface area contributed by atoms with Crippen molar-refractivity contribution in [2.45, 2.75) is 10.9 Å². The van der Waals surface area contributed by atoms with E-state index in [2.05, 4.69) is 0 Å². The number of para-hydroxylation sites is 1. The normalized spacial score (nSPS) is 9.57. The fourth-order valence-corrected chi connectivity index (χ4v) is 4.62. The number of anilines is 1. The van der Waals surface area contributed by atoms with Crippen molar-refractivity contribution in [1.82, 2.24) is 0 Å². The molecule has 0 aromatic heterocycles. The first-order chi connectivity index (χ1) is 12.5. The predicted octanol–water partition coefficient (Wildman–Crippen LogP) is -6.78. The van der Waals surface area contributed by atoms with E-state index >= 15 is 0 Å². The van der Waals surface area contributed by atoms with Gasteiger partial charge in [-0.3, -0.25) is 0 Å². The van der Waals surface area contributed by atoms with Crippen LogP contribution in [0.25, 0.3) is 0 Å². The van der Waals surface area contributed by atoms with Crippen LogP contribution >= 0.6 is 0 Å². The van der Waals surface area contributed by atoms with E-state index in [1.807, 2.05) is 42.5 Å². The number of hydrogen-bond donors (Lipinski definition) is 0.